The molecule has 0 aromatic carbocycles. The van der Waals surface area contributed by atoms with Crippen LogP contribution in [0.1, 0.15) is 26.2 Å². The molecule has 0 aliphatic carbocycles. The van der Waals surface area contributed by atoms with E-state index >= 15 is 0 Å². The highest BCUT2D eigenvalue weighted by Gasteiger charge is 2.21. The van der Waals surface area contributed by atoms with Crippen molar-refractivity contribution in [2.75, 3.05) is 12.0 Å². The summed E-state index contributed by atoms with van der Waals surface area (Å²) in [5.74, 6) is 0.361. The first-order valence-electron chi connectivity index (χ1n) is 4.68. The third-order valence-corrected chi connectivity index (χ3v) is 2.40. The minimum absolute atomic E-state index is 0.279. The van der Waals surface area contributed by atoms with Crippen molar-refractivity contribution >= 4 is 17.7 Å². The Bertz CT molecular complexity index is 167. The number of nitrogens with one attached hydrogen (secondary N) is 1. The molecule has 0 bridgehead atoms. The predicted molar refractivity (Wildman–Crippen MR) is 55.8 cm³/mol. The van der Waals surface area contributed by atoms with Gasteiger partial charge in [-0.15, -0.1) is 0 Å². The number of thioether (sulfide) groups is 1. The molecule has 14 heavy (non-hydrogen) atoms. The first kappa shape index (κ1) is 13.7. The first-order valence-corrected chi connectivity index (χ1v) is 6.07. The van der Waals surface area contributed by atoms with E-state index in [1.165, 1.54) is 11.8 Å². The van der Waals surface area contributed by atoms with Crippen LogP contribution in [0.15, 0.2) is 0 Å². The molecule has 1 unspecified atom stereocenters. The average Bonchev–Trinajstić information content (AvgIpc) is 2.12. The van der Waals surface area contributed by atoms with Crippen LogP contribution in [-0.2, 0) is 4.79 Å². The molecule has 0 radical (unpaired) electrons. The van der Waals surface area contributed by atoms with E-state index in [-0.39, 0.29) is 5.91 Å². The van der Waals surface area contributed by atoms with E-state index in [1.807, 2.05) is 13.2 Å². The Morgan fingerprint density at radius 2 is 2.14 bits per heavy atom. The van der Waals surface area contributed by atoms with Crippen LogP contribution < -0.4 is 5.32 Å². The highest BCUT2D eigenvalue weighted by Crippen LogP contribution is 2.09. The smallest absolute Gasteiger partial charge is 0.258 e. The lowest BCUT2D eigenvalue weighted by Crippen LogP contribution is -2.40. The molecule has 0 rings (SSSR count). The lowest BCUT2D eigenvalue weighted by Gasteiger charge is -2.17. The van der Waals surface area contributed by atoms with E-state index in [0.717, 1.165) is 0 Å². The molecule has 1 atom stereocenters. The third kappa shape index (κ3) is 6.18. The quantitative estimate of drug-likeness (QED) is 0.720. The van der Waals surface area contributed by atoms with Gasteiger partial charge in [-0.3, -0.25) is 4.79 Å². The van der Waals surface area contributed by atoms with Crippen molar-refractivity contribution in [3.05, 3.63) is 0 Å². The molecule has 0 heterocycles. The summed E-state index contributed by atoms with van der Waals surface area (Å²) in [5, 5.41) is 2.35. The van der Waals surface area contributed by atoms with Crippen molar-refractivity contribution in [3.8, 4) is 0 Å². The maximum atomic E-state index is 12.4. The van der Waals surface area contributed by atoms with Crippen molar-refractivity contribution in [2.24, 2.45) is 0 Å². The lowest BCUT2D eigenvalue weighted by atomic mass is 10.2. The molecular formula is C9H17F2NOS. The van der Waals surface area contributed by atoms with E-state index in [2.05, 4.69) is 5.32 Å². The number of halogens is 2. The summed E-state index contributed by atoms with van der Waals surface area (Å²) in [7, 11) is 0. The third-order valence-electron chi connectivity index (χ3n) is 1.76. The number of carbonyl (C=O) groups is 1. The van der Waals surface area contributed by atoms with Gasteiger partial charge in [0.05, 0.1) is 6.04 Å². The predicted octanol–water partition coefficient (Wildman–Crippen LogP) is 2.29. The SMILES string of the molecule is CCCC(=O)NC(CCSC)C(F)F. The van der Waals surface area contributed by atoms with Gasteiger partial charge in [0.1, 0.15) is 0 Å². The van der Waals surface area contributed by atoms with Gasteiger partial charge < -0.3 is 5.32 Å². The summed E-state index contributed by atoms with van der Waals surface area (Å²) in [6.45, 7) is 1.85. The van der Waals surface area contributed by atoms with Crippen molar-refractivity contribution in [1.29, 1.82) is 0 Å². The summed E-state index contributed by atoms with van der Waals surface area (Å²) < 4.78 is 24.8. The Kier molecular flexibility index (Phi) is 7.84. The number of carbonyl (C=O) groups excluding carboxylic acids is 1. The maximum Gasteiger partial charge on any atom is 0.258 e. The van der Waals surface area contributed by atoms with Crippen molar-refractivity contribution in [1.82, 2.24) is 5.32 Å². The molecule has 0 aromatic rings. The molecule has 0 saturated carbocycles. The van der Waals surface area contributed by atoms with E-state index in [1.54, 1.807) is 0 Å². The van der Waals surface area contributed by atoms with Crippen LogP contribution in [0.25, 0.3) is 0 Å². The average molecular weight is 225 g/mol. The second kappa shape index (κ2) is 8.03. The summed E-state index contributed by atoms with van der Waals surface area (Å²) >= 11 is 1.50. The minimum atomic E-state index is -2.47. The van der Waals surface area contributed by atoms with Gasteiger partial charge in [-0.2, -0.15) is 11.8 Å². The zero-order valence-electron chi connectivity index (χ0n) is 8.56. The van der Waals surface area contributed by atoms with Crippen molar-refractivity contribution in [3.63, 3.8) is 0 Å². The van der Waals surface area contributed by atoms with Crippen LogP contribution in [0.2, 0.25) is 0 Å². The Morgan fingerprint density at radius 1 is 1.50 bits per heavy atom. The first-order chi connectivity index (χ1) is 6.61. The fourth-order valence-corrected chi connectivity index (χ4v) is 1.50. The van der Waals surface area contributed by atoms with Gasteiger partial charge in [0.2, 0.25) is 5.91 Å². The molecular weight excluding hydrogens is 208 g/mol. The standard InChI is InChI=1S/C9H17F2NOS/c1-3-4-8(13)12-7(9(10)11)5-6-14-2/h7,9H,3-6H2,1-2H3,(H,12,13). The van der Waals surface area contributed by atoms with Crippen LogP contribution in [0.5, 0.6) is 0 Å². The summed E-state index contributed by atoms with van der Waals surface area (Å²) in [4.78, 5) is 11.1. The van der Waals surface area contributed by atoms with Crippen LogP contribution in [0, 0.1) is 0 Å². The van der Waals surface area contributed by atoms with Gasteiger partial charge in [-0.25, -0.2) is 8.78 Å². The highest BCUT2D eigenvalue weighted by atomic mass is 32.2. The zero-order chi connectivity index (χ0) is 11.0. The zero-order valence-corrected chi connectivity index (χ0v) is 9.37. The number of hydrogen-bond acceptors (Lipinski definition) is 2. The van der Waals surface area contributed by atoms with Crippen LogP contribution in [-0.4, -0.2) is 30.4 Å². The second-order valence-corrected chi connectivity index (χ2v) is 4.03. The lowest BCUT2D eigenvalue weighted by molar-refractivity contribution is -0.123. The summed E-state index contributed by atoms with van der Waals surface area (Å²) in [6, 6.07) is -0.985. The molecule has 0 spiro atoms. The van der Waals surface area contributed by atoms with E-state index in [0.29, 0.717) is 25.0 Å². The number of alkyl halides is 2. The van der Waals surface area contributed by atoms with Gasteiger partial charge in [0, 0.05) is 6.42 Å². The molecule has 0 fully saturated rings. The Morgan fingerprint density at radius 3 is 2.57 bits per heavy atom. The number of hydrogen-bond donors (Lipinski definition) is 1. The topological polar surface area (TPSA) is 29.1 Å². The fourth-order valence-electron chi connectivity index (χ4n) is 1.01. The Labute approximate surface area is 87.8 Å². The van der Waals surface area contributed by atoms with Crippen LogP contribution in [0.4, 0.5) is 8.78 Å². The largest absolute Gasteiger partial charge is 0.348 e. The molecule has 84 valence electrons. The Balaban J connectivity index is 3.89. The number of amides is 1. The van der Waals surface area contributed by atoms with Crippen LogP contribution >= 0.6 is 11.8 Å². The normalized spacial score (nSPS) is 12.9. The monoisotopic (exact) mass is 225 g/mol. The molecule has 5 heteroatoms. The number of rotatable bonds is 7. The molecule has 1 N–H and O–H groups in total. The summed E-state index contributed by atoms with van der Waals surface area (Å²) in [6.07, 6.45) is 0.722. The van der Waals surface area contributed by atoms with E-state index < -0.39 is 12.5 Å². The molecule has 0 aliphatic rings. The van der Waals surface area contributed by atoms with Gasteiger partial charge in [0.25, 0.3) is 6.43 Å². The van der Waals surface area contributed by atoms with Crippen LogP contribution in [0.3, 0.4) is 0 Å². The second-order valence-electron chi connectivity index (χ2n) is 3.04. The Hall–Kier alpha value is -0.320. The minimum Gasteiger partial charge on any atom is -0.348 e. The molecule has 0 aromatic heterocycles. The van der Waals surface area contributed by atoms with E-state index in [9.17, 15) is 13.6 Å². The van der Waals surface area contributed by atoms with Gasteiger partial charge in [-0.05, 0) is 24.9 Å². The van der Waals surface area contributed by atoms with Crippen molar-refractivity contribution in [2.45, 2.75) is 38.7 Å². The fraction of sp³-hybridized carbons (Fsp3) is 0.889. The molecule has 0 aliphatic heterocycles. The molecule has 0 saturated heterocycles. The maximum absolute atomic E-state index is 12.4. The highest BCUT2D eigenvalue weighted by molar-refractivity contribution is 7.98. The van der Waals surface area contributed by atoms with Gasteiger partial charge >= 0.3 is 0 Å². The molecule has 2 nitrogen and oxygen atoms in total. The van der Waals surface area contributed by atoms with E-state index in [4.69, 9.17) is 0 Å². The molecule has 1 amide bonds. The van der Waals surface area contributed by atoms with Gasteiger partial charge in [0.15, 0.2) is 0 Å². The summed E-state index contributed by atoms with van der Waals surface area (Å²) in [5.41, 5.74) is 0. The van der Waals surface area contributed by atoms with Gasteiger partial charge in [-0.1, -0.05) is 6.92 Å². The van der Waals surface area contributed by atoms with Crippen molar-refractivity contribution < 1.29 is 13.6 Å².